The van der Waals surface area contributed by atoms with Gasteiger partial charge in [-0.1, -0.05) is 38.1 Å². The van der Waals surface area contributed by atoms with Crippen molar-refractivity contribution in [3.63, 3.8) is 0 Å². The van der Waals surface area contributed by atoms with Gasteiger partial charge in [0.1, 0.15) is 6.26 Å². The third-order valence-corrected chi connectivity index (χ3v) is 4.11. The summed E-state index contributed by atoms with van der Waals surface area (Å²) in [5, 5.41) is 3.95. The number of alkyl halides is 1. The van der Waals surface area contributed by atoms with E-state index in [0.29, 0.717) is 34.4 Å². The summed E-state index contributed by atoms with van der Waals surface area (Å²) in [6.07, 6.45) is 1.52. The van der Waals surface area contributed by atoms with Crippen molar-refractivity contribution >= 4 is 0 Å². The van der Waals surface area contributed by atoms with E-state index in [9.17, 15) is 4.39 Å². The van der Waals surface area contributed by atoms with Crippen LogP contribution in [0.3, 0.4) is 0 Å². The molecule has 1 aromatic carbocycles. The van der Waals surface area contributed by atoms with Crippen molar-refractivity contribution < 1.29 is 18.1 Å². The van der Waals surface area contributed by atoms with E-state index in [-0.39, 0.29) is 18.6 Å². The zero-order valence-corrected chi connectivity index (χ0v) is 14.2. The highest BCUT2D eigenvalue weighted by Gasteiger charge is 2.40. The van der Waals surface area contributed by atoms with E-state index in [2.05, 4.69) is 15.1 Å². The maximum Gasteiger partial charge on any atom is 0.258 e. The highest BCUT2D eigenvalue weighted by molar-refractivity contribution is 5.57. The van der Waals surface area contributed by atoms with Crippen LogP contribution in [0.25, 0.3) is 23.0 Å². The molecule has 1 aliphatic heterocycles. The van der Waals surface area contributed by atoms with E-state index >= 15 is 0 Å². The maximum absolute atomic E-state index is 14.3. The lowest BCUT2D eigenvalue weighted by Gasteiger charge is -2.34. The first kappa shape index (κ1) is 16.0. The fraction of sp³-hybridized carbons (Fsp3) is 0.389. The van der Waals surface area contributed by atoms with Crippen LogP contribution in [0.15, 0.2) is 39.5 Å². The number of benzene rings is 1. The summed E-state index contributed by atoms with van der Waals surface area (Å²) in [5.41, 5.74) is 0.238. The minimum atomic E-state index is -1.39. The van der Waals surface area contributed by atoms with Crippen LogP contribution in [0.4, 0.5) is 4.39 Å². The molecular weight excluding hydrogens is 325 g/mol. The van der Waals surface area contributed by atoms with E-state index in [0.717, 1.165) is 0 Å². The molecule has 0 saturated carbocycles. The van der Waals surface area contributed by atoms with E-state index in [1.54, 1.807) is 24.3 Å². The van der Waals surface area contributed by atoms with Crippen molar-refractivity contribution in [3.8, 4) is 23.0 Å². The molecule has 0 unspecified atom stereocenters. The number of rotatable bonds is 3. The molecule has 0 N–H and O–H groups in total. The standard InChI is InChI=1S/C18H18FN3O3/c1-17(2,3)16-20-13(8-24-16)14-21-15(25-22-14)11-4-6-12(7-5-11)18(19)9-23-10-18/h4-8H,9-10H2,1-3H3. The second-order valence-electron chi connectivity index (χ2n) is 7.25. The third kappa shape index (κ3) is 2.84. The first-order valence-electron chi connectivity index (χ1n) is 8.03. The average molecular weight is 343 g/mol. The summed E-state index contributed by atoms with van der Waals surface area (Å²) in [7, 11) is 0. The van der Waals surface area contributed by atoms with Crippen LogP contribution in [0.5, 0.6) is 0 Å². The second-order valence-corrected chi connectivity index (χ2v) is 7.25. The number of hydrogen-bond acceptors (Lipinski definition) is 6. The van der Waals surface area contributed by atoms with E-state index in [1.165, 1.54) is 6.26 Å². The Morgan fingerprint density at radius 2 is 1.80 bits per heavy atom. The fourth-order valence-electron chi connectivity index (χ4n) is 2.53. The van der Waals surface area contributed by atoms with Crippen molar-refractivity contribution in [3.05, 3.63) is 42.0 Å². The molecule has 0 aliphatic carbocycles. The molecule has 6 nitrogen and oxygen atoms in total. The van der Waals surface area contributed by atoms with Crippen LogP contribution in [0.1, 0.15) is 32.2 Å². The molecule has 7 heteroatoms. The van der Waals surface area contributed by atoms with Gasteiger partial charge in [-0.3, -0.25) is 0 Å². The van der Waals surface area contributed by atoms with Gasteiger partial charge >= 0.3 is 0 Å². The summed E-state index contributed by atoms with van der Waals surface area (Å²) >= 11 is 0. The molecule has 0 radical (unpaired) electrons. The van der Waals surface area contributed by atoms with Gasteiger partial charge < -0.3 is 13.7 Å². The lowest BCUT2D eigenvalue weighted by atomic mass is 9.93. The highest BCUT2D eigenvalue weighted by Crippen LogP contribution is 2.35. The van der Waals surface area contributed by atoms with Crippen LogP contribution >= 0.6 is 0 Å². The molecule has 1 aliphatic rings. The highest BCUT2D eigenvalue weighted by atomic mass is 19.1. The Labute approximate surface area is 144 Å². The Balaban J connectivity index is 1.58. The predicted molar refractivity (Wildman–Crippen MR) is 87.5 cm³/mol. The predicted octanol–water partition coefficient (Wildman–Crippen LogP) is 3.88. The molecule has 0 spiro atoms. The molecule has 2 aromatic heterocycles. The Morgan fingerprint density at radius 3 is 2.36 bits per heavy atom. The maximum atomic E-state index is 14.3. The van der Waals surface area contributed by atoms with Gasteiger partial charge in [0.25, 0.3) is 5.89 Å². The van der Waals surface area contributed by atoms with Crippen LogP contribution in [-0.2, 0) is 15.8 Å². The SMILES string of the molecule is CC(C)(C)c1nc(-c2noc(-c3ccc(C4(F)COC4)cc3)n2)co1. The van der Waals surface area contributed by atoms with Crippen molar-refractivity contribution in [1.29, 1.82) is 0 Å². The summed E-state index contributed by atoms with van der Waals surface area (Å²) < 4.78 is 30.0. The van der Waals surface area contributed by atoms with Crippen LogP contribution < -0.4 is 0 Å². The van der Waals surface area contributed by atoms with Crippen molar-refractivity contribution in [2.24, 2.45) is 0 Å². The van der Waals surface area contributed by atoms with E-state index < -0.39 is 5.67 Å². The zero-order valence-electron chi connectivity index (χ0n) is 14.2. The molecular formula is C18H18FN3O3. The Morgan fingerprint density at radius 1 is 1.08 bits per heavy atom. The number of nitrogens with zero attached hydrogens (tertiary/aromatic N) is 3. The molecule has 0 amide bonds. The first-order chi connectivity index (χ1) is 11.9. The van der Waals surface area contributed by atoms with Gasteiger partial charge in [-0.05, 0) is 17.7 Å². The Hall–Kier alpha value is -2.54. The van der Waals surface area contributed by atoms with Crippen LogP contribution in [0, 0.1) is 0 Å². The minimum absolute atomic E-state index is 0.0965. The van der Waals surface area contributed by atoms with Gasteiger partial charge in [0.2, 0.25) is 5.82 Å². The quantitative estimate of drug-likeness (QED) is 0.718. The molecule has 0 atom stereocenters. The van der Waals surface area contributed by atoms with E-state index in [4.69, 9.17) is 13.7 Å². The first-order valence-corrected chi connectivity index (χ1v) is 8.03. The number of oxazole rings is 1. The lowest BCUT2D eigenvalue weighted by molar-refractivity contribution is -0.135. The zero-order chi connectivity index (χ0) is 17.7. The van der Waals surface area contributed by atoms with E-state index in [1.807, 2.05) is 20.8 Å². The van der Waals surface area contributed by atoms with Crippen molar-refractivity contribution in [1.82, 2.24) is 15.1 Å². The van der Waals surface area contributed by atoms with Crippen LogP contribution in [-0.4, -0.2) is 28.3 Å². The van der Waals surface area contributed by atoms with Crippen LogP contribution in [0.2, 0.25) is 0 Å². The normalized spacial score (nSPS) is 16.6. The van der Waals surface area contributed by atoms with Crippen molar-refractivity contribution in [2.75, 3.05) is 13.2 Å². The lowest BCUT2D eigenvalue weighted by Crippen LogP contribution is -2.42. The largest absolute Gasteiger partial charge is 0.448 e. The fourth-order valence-corrected chi connectivity index (χ4v) is 2.53. The van der Waals surface area contributed by atoms with Crippen molar-refractivity contribution in [2.45, 2.75) is 31.9 Å². The molecule has 130 valence electrons. The second kappa shape index (κ2) is 5.49. The molecule has 0 bridgehead atoms. The van der Waals surface area contributed by atoms with Gasteiger partial charge in [-0.2, -0.15) is 4.98 Å². The molecule has 1 fully saturated rings. The summed E-state index contributed by atoms with van der Waals surface area (Å²) in [4.78, 5) is 8.76. The molecule has 4 rings (SSSR count). The summed E-state index contributed by atoms with van der Waals surface area (Å²) in [5.74, 6) is 1.31. The number of aromatic nitrogens is 3. The summed E-state index contributed by atoms with van der Waals surface area (Å²) in [6.45, 7) is 6.22. The van der Waals surface area contributed by atoms with Gasteiger partial charge in [-0.15, -0.1) is 0 Å². The number of ether oxygens (including phenoxy) is 1. The topological polar surface area (TPSA) is 74.2 Å². The monoisotopic (exact) mass is 343 g/mol. The van der Waals surface area contributed by atoms with Gasteiger partial charge in [0.15, 0.2) is 17.3 Å². The van der Waals surface area contributed by atoms with Gasteiger partial charge in [-0.25, -0.2) is 9.37 Å². The third-order valence-electron chi connectivity index (χ3n) is 4.11. The summed E-state index contributed by atoms with van der Waals surface area (Å²) in [6, 6.07) is 6.95. The average Bonchev–Trinajstić information content (AvgIpc) is 3.21. The Bertz CT molecular complexity index is 889. The van der Waals surface area contributed by atoms with Gasteiger partial charge in [0, 0.05) is 11.0 Å². The molecule has 3 aromatic rings. The molecule has 3 heterocycles. The minimum Gasteiger partial charge on any atom is -0.448 e. The Kier molecular flexibility index (Phi) is 3.50. The molecule has 25 heavy (non-hydrogen) atoms. The van der Waals surface area contributed by atoms with Gasteiger partial charge in [0.05, 0.1) is 13.2 Å². The number of halogens is 1. The smallest absolute Gasteiger partial charge is 0.258 e. The molecule has 1 saturated heterocycles. The number of hydrogen-bond donors (Lipinski definition) is 0.